The molecule has 0 saturated carbocycles. The zero-order valence-electron chi connectivity index (χ0n) is 32.6. The number of rotatable bonds is 17. The van der Waals surface area contributed by atoms with Gasteiger partial charge in [-0.1, -0.05) is 113 Å². The molecule has 0 aliphatic heterocycles. The molecule has 0 bridgehead atoms. The van der Waals surface area contributed by atoms with Crippen molar-refractivity contribution < 1.29 is 4.79 Å². The first-order valence-corrected chi connectivity index (χ1v) is 21.6. The van der Waals surface area contributed by atoms with Crippen molar-refractivity contribution >= 4 is 57.1 Å². The quantitative estimate of drug-likeness (QED) is 0.0685. The number of aldehydes is 1. The van der Waals surface area contributed by atoms with Crippen molar-refractivity contribution in [1.82, 2.24) is 9.97 Å². The van der Waals surface area contributed by atoms with Crippen LogP contribution in [0, 0.1) is 13.8 Å². The first-order chi connectivity index (χ1) is 27.0. The molecule has 0 saturated heterocycles. The smallest absolute Gasteiger partial charge is 0.160 e. The summed E-state index contributed by atoms with van der Waals surface area (Å²) < 4.78 is 0. The maximum atomic E-state index is 12.2. The number of aryl methyl sites for hydroxylation is 4. The Morgan fingerprint density at radius 1 is 0.564 bits per heavy atom. The van der Waals surface area contributed by atoms with Crippen molar-refractivity contribution in [3.8, 4) is 31.3 Å². The second kappa shape index (κ2) is 18.1. The fraction of sp³-hybridized carbons (Fsp3) is 0.286. The first-order valence-electron chi connectivity index (χ1n) is 20.0. The highest BCUT2D eigenvalue weighted by Gasteiger charge is 2.21. The van der Waals surface area contributed by atoms with Gasteiger partial charge in [0, 0.05) is 42.8 Å². The predicted octanol–water partition coefficient (Wildman–Crippen LogP) is 14.9. The summed E-state index contributed by atoms with van der Waals surface area (Å²) in [6.45, 7) is 8.60. The van der Waals surface area contributed by atoms with E-state index in [1.807, 2.05) is 18.3 Å². The van der Waals surface area contributed by atoms with Gasteiger partial charge in [0.05, 0.1) is 27.3 Å². The van der Waals surface area contributed by atoms with Gasteiger partial charge in [-0.2, -0.15) is 0 Å². The number of anilines is 3. The van der Waals surface area contributed by atoms with Crippen molar-refractivity contribution in [2.45, 2.75) is 91.9 Å². The van der Waals surface area contributed by atoms with Crippen molar-refractivity contribution in [3.63, 3.8) is 0 Å². The highest BCUT2D eigenvalue weighted by atomic mass is 32.1. The second-order valence-corrected chi connectivity index (χ2v) is 16.6. The normalized spacial score (nSPS) is 11.3. The summed E-state index contributed by atoms with van der Waals surface area (Å²) in [5.74, 6) is 0. The Balaban J connectivity index is 1.29. The molecule has 0 aliphatic carbocycles. The molecule has 0 amide bonds. The van der Waals surface area contributed by atoms with Gasteiger partial charge in [0.15, 0.2) is 6.29 Å². The molecule has 0 N–H and O–H groups in total. The molecule has 55 heavy (non-hydrogen) atoms. The predicted molar refractivity (Wildman–Crippen MR) is 237 cm³/mol. The van der Waals surface area contributed by atoms with Gasteiger partial charge >= 0.3 is 0 Å². The average Bonchev–Trinajstić information content (AvgIpc) is 3.84. The summed E-state index contributed by atoms with van der Waals surface area (Å²) >= 11 is 3.44. The Kier molecular flexibility index (Phi) is 12.7. The van der Waals surface area contributed by atoms with E-state index in [2.05, 4.69) is 135 Å². The van der Waals surface area contributed by atoms with Crippen LogP contribution in [0.3, 0.4) is 0 Å². The molecule has 7 aromatic rings. The molecule has 0 fully saturated rings. The van der Waals surface area contributed by atoms with E-state index < -0.39 is 0 Å². The molecule has 7 rings (SSSR count). The number of thiophene rings is 2. The van der Waals surface area contributed by atoms with Crippen LogP contribution in [-0.2, 0) is 12.8 Å². The maximum absolute atomic E-state index is 12.2. The second-order valence-electron chi connectivity index (χ2n) is 14.5. The Labute approximate surface area is 335 Å². The third kappa shape index (κ3) is 8.66. The fourth-order valence-corrected chi connectivity index (χ4v) is 9.71. The van der Waals surface area contributed by atoms with Gasteiger partial charge in [-0.05, 0) is 105 Å². The van der Waals surface area contributed by atoms with Crippen LogP contribution in [0.15, 0.2) is 109 Å². The van der Waals surface area contributed by atoms with Gasteiger partial charge in [0.1, 0.15) is 0 Å². The SMILES string of the molecule is CCCCCCc1cc(-c2ccc(-c3cc(CCCCCC)c(-c4ccc(N(c5ccccc5)c5ccccc5)cc4)s3)c3nc(C)c(C)nc23)sc1C=O. The van der Waals surface area contributed by atoms with Gasteiger partial charge in [-0.3, -0.25) is 4.79 Å². The topological polar surface area (TPSA) is 46.1 Å². The number of unbranched alkanes of at least 4 members (excludes halogenated alkanes) is 6. The molecule has 0 atom stereocenters. The van der Waals surface area contributed by atoms with E-state index in [9.17, 15) is 4.79 Å². The minimum absolute atomic E-state index is 0.831. The number of para-hydroxylation sites is 2. The minimum atomic E-state index is 0.831. The molecule has 6 heteroatoms. The van der Waals surface area contributed by atoms with Crippen LogP contribution in [0.2, 0.25) is 0 Å². The lowest BCUT2D eigenvalue weighted by Crippen LogP contribution is -2.09. The lowest BCUT2D eigenvalue weighted by atomic mass is 10.00. The van der Waals surface area contributed by atoms with Crippen LogP contribution in [0.5, 0.6) is 0 Å². The summed E-state index contributed by atoms with van der Waals surface area (Å²) in [7, 11) is 0. The van der Waals surface area contributed by atoms with E-state index >= 15 is 0 Å². The van der Waals surface area contributed by atoms with Crippen LogP contribution < -0.4 is 4.90 Å². The van der Waals surface area contributed by atoms with E-state index in [0.717, 1.165) is 91.5 Å². The molecule has 3 aromatic heterocycles. The number of fused-ring (bicyclic) bond motifs is 1. The summed E-state index contributed by atoms with van der Waals surface area (Å²) in [6.07, 6.45) is 12.6. The molecule has 3 heterocycles. The minimum Gasteiger partial charge on any atom is -0.311 e. The van der Waals surface area contributed by atoms with Gasteiger partial charge in [0.2, 0.25) is 0 Å². The van der Waals surface area contributed by atoms with E-state index in [1.54, 1.807) is 11.3 Å². The number of aromatic nitrogens is 2. The Morgan fingerprint density at radius 2 is 1.05 bits per heavy atom. The third-order valence-electron chi connectivity index (χ3n) is 10.5. The lowest BCUT2D eigenvalue weighted by Gasteiger charge is -2.25. The van der Waals surface area contributed by atoms with Crippen LogP contribution >= 0.6 is 22.7 Å². The van der Waals surface area contributed by atoms with Gasteiger partial charge < -0.3 is 4.90 Å². The highest BCUT2D eigenvalue weighted by Crippen LogP contribution is 2.45. The Morgan fingerprint density at radius 3 is 1.58 bits per heavy atom. The Bertz CT molecular complexity index is 2300. The van der Waals surface area contributed by atoms with Gasteiger partial charge in [-0.25, -0.2) is 9.97 Å². The van der Waals surface area contributed by atoms with E-state index in [1.165, 1.54) is 65.8 Å². The summed E-state index contributed by atoms with van der Waals surface area (Å²) in [4.78, 5) is 29.3. The summed E-state index contributed by atoms with van der Waals surface area (Å²) in [5.41, 5.74) is 13.0. The number of carbonyl (C=O) groups is 1. The molecular formula is C49H51N3OS2. The molecule has 0 radical (unpaired) electrons. The van der Waals surface area contributed by atoms with Crippen LogP contribution in [0.25, 0.3) is 42.4 Å². The number of carbonyl (C=O) groups excluding carboxylic acids is 1. The molecule has 0 unspecified atom stereocenters. The van der Waals surface area contributed by atoms with Gasteiger partial charge in [-0.15, -0.1) is 22.7 Å². The lowest BCUT2D eigenvalue weighted by molar-refractivity contribution is 0.112. The Hall–Kier alpha value is -4.91. The van der Waals surface area contributed by atoms with Crippen molar-refractivity contribution in [2.75, 3.05) is 4.90 Å². The maximum Gasteiger partial charge on any atom is 0.160 e. The third-order valence-corrected chi connectivity index (χ3v) is 12.9. The molecule has 4 aromatic carbocycles. The fourth-order valence-electron chi connectivity index (χ4n) is 7.41. The number of nitrogens with zero attached hydrogens (tertiary/aromatic N) is 3. The standard InChI is InChI=1S/C49H51N3OS2/c1-5-7-9-13-19-37-31-44(54-46(37)33-53)42-29-30-43(48-47(42)50-34(3)35(4)51-48)45-32-38(20-14-10-8-6-2)49(55-45)36-25-27-41(28-26-36)52(39-21-15-11-16-22-39)40-23-17-12-18-24-40/h11-12,15-18,21-33H,5-10,13-14,19-20H2,1-4H3. The molecule has 280 valence electrons. The number of benzene rings is 4. The van der Waals surface area contributed by atoms with E-state index in [0.29, 0.717) is 0 Å². The van der Waals surface area contributed by atoms with E-state index in [4.69, 9.17) is 9.97 Å². The summed E-state index contributed by atoms with van der Waals surface area (Å²) in [6, 6.07) is 39.3. The summed E-state index contributed by atoms with van der Waals surface area (Å²) in [5, 5.41) is 0. The zero-order valence-corrected chi connectivity index (χ0v) is 34.2. The van der Waals surface area contributed by atoms with E-state index in [-0.39, 0.29) is 0 Å². The highest BCUT2D eigenvalue weighted by molar-refractivity contribution is 7.19. The van der Waals surface area contributed by atoms with Crippen molar-refractivity contribution in [1.29, 1.82) is 0 Å². The molecule has 4 nitrogen and oxygen atoms in total. The number of hydrogen-bond acceptors (Lipinski definition) is 6. The van der Waals surface area contributed by atoms with Crippen molar-refractivity contribution in [3.05, 3.63) is 137 Å². The number of hydrogen-bond donors (Lipinski definition) is 0. The van der Waals surface area contributed by atoms with Crippen LogP contribution in [0.4, 0.5) is 17.1 Å². The molecular weight excluding hydrogens is 711 g/mol. The van der Waals surface area contributed by atoms with Crippen LogP contribution in [0.1, 0.15) is 97.4 Å². The largest absolute Gasteiger partial charge is 0.311 e. The molecule has 0 spiro atoms. The van der Waals surface area contributed by atoms with Gasteiger partial charge in [0.25, 0.3) is 0 Å². The van der Waals surface area contributed by atoms with Crippen molar-refractivity contribution in [2.24, 2.45) is 0 Å². The first kappa shape index (κ1) is 38.4. The van der Waals surface area contributed by atoms with Crippen LogP contribution in [-0.4, -0.2) is 16.3 Å². The zero-order chi connectivity index (χ0) is 38.1. The monoisotopic (exact) mass is 761 g/mol. The molecule has 0 aliphatic rings. The average molecular weight is 762 g/mol.